The average Bonchev–Trinajstić information content (AvgIpc) is 3.08. The Hall–Kier alpha value is -0.880. The van der Waals surface area contributed by atoms with E-state index < -0.39 is 20.9 Å². The van der Waals surface area contributed by atoms with Crippen molar-refractivity contribution < 1.29 is 17.9 Å². The van der Waals surface area contributed by atoms with E-state index in [1.54, 1.807) is 12.1 Å². The fourth-order valence-corrected chi connectivity index (χ4v) is 6.28. The van der Waals surface area contributed by atoms with Gasteiger partial charge in [0.15, 0.2) is 15.6 Å². The number of ether oxygens (including phenoxy) is 2. The highest BCUT2D eigenvalue weighted by Crippen LogP contribution is 2.58. The minimum absolute atomic E-state index is 0.0874. The summed E-state index contributed by atoms with van der Waals surface area (Å²) in [4.78, 5) is 0.363. The number of halogens is 1. The van der Waals surface area contributed by atoms with Crippen molar-refractivity contribution in [2.24, 2.45) is 11.8 Å². The van der Waals surface area contributed by atoms with Crippen LogP contribution in [0.3, 0.4) is 0 Å². The van der Waals surface area contributed by atoms with Gasteiger partial charge in [-0.1, -0.05) is 35.4 Å². The van der Waals surface area contributed by atoms with Crippen molar-refractivity contribution in [1.29, 1.82) is 0 Å². The van der Waals surface area contributed by atoms with Gasteiger partial charge in [0.1, 0.15) is 6.10 Å². The van der Waals surface area contributed by atoms with Crippen LogP contribution >= 0.6 is 11.6 Å². The third-order valence-electron chi connectivity index (χ3n) is 4.90. The summed E-state index contributed by atoms with van der Waals surface area (Å²) in [6, 6.07) is 6.99. The van der Waals surface area contributed by atoms with Gasteiger partial charge in [-0.15, -0.1) is 0 Å². The van der Waals surface area contributed by atoms with E-state index in [0.29, 0.717) is 9.93 Å². The third kappa shape index (κ3) is 2.37. The molecular formula is C17H19ClO4S. The van der Waals surface area contributed by atoms with Gasteiger partial charge in [-0.3, -0.25) is 0 Å². The zero-order valence-corrected chi connectivity index (χ0v) is 14.8. The number of sulfone groups is 1. The van der Waals surface area contributed by atoms with Crippen LogP contribution in [-0.2, 0) is 19.3 Å². The van der Waals surface area contributed by atoms with E-state index >= 15 is 0 Å². The monoisotopic (exact) mass is 354 g/mol. The molecule has 0 radical (unpaired) electrons. The molecule has 4 rings (SSSR count). The highest BCUT2D eigenvalue weighted by atomic mass is 35.5. The fourth-order valence-electron chi connectivity index (χ4n) is 3.80. The molecule has 1 aromatic rings. The molecule has 0 aromatic heterocycles. The summed E-state index contributed by atoms with van der Waals surface area (Å²) in [7, 11) is -3.40. The molecule has 0 spiro atoms. The maximum absolute atomic E-state index is 13.0. The van der Waals surface area contributed by atoms with E-state index in [9.17, 15) is 8.42 Å². The molecule has 124 valence electrons. The first-order valence-electron chi connectivity index (χ1n) is 7.74. The second-order valence-electron chi connectivity index (χ2n) is 7.05. The number of hydrogen-bond donors (Lipinski definition) is 0. The Morgan fingerprint density at radius 2 is 1.78 bits per heavy atom. The standard InChI is InChI=1S/C17H19ClO4S/c1-9-4-6-10(7-5-9)23(19,20)16-11-8-12(18)14-15(13(11)16)22-17(2,3)21-14/h4-8,11,13-16H,1-3H3/t11-,13+,14+,15?,16?/m0/s1. The molecule has 1 saturated carbocycles. The van der Waals surface area contributed by atoms with Gasteiger partial charge in [0.05, 0.1) is 16.2 Å². The Morgan fingerprint density at radius 1 is 1.13 bits per heavy atom. The summed E-state index contributed by atoms with van der Waals surface area (Å²) in [5.74, 6) is -0.915. The molecule has 0 bridgehead atoms. The number of benzene rings is 1. The second-order valence-corrected chi connectivity index (χ2v) is 9.59. The summed E-state index contributed by atoms with van der Waals surface area (Å²) in [6.45, 7) is 5.60. The van der Waals surface area contributed by atoms with E-state index in [2.05, 4.69) is 0 Å². The molecule has 3 aliphatic rings. The van der Waals surface area contributed by atoms with Crippen molar-refractivity contribution in [3.63, 3.8) is 0 Å². The number of fused-ring (bicyclic) bond motifs is 3. The van der Waals surface area contributed by atoms with Crippen LogP contribution < -0.4 is 0 Å². The summed E-state index contributed by atoms with van der Waals surface area (Å²) in [5, 5.41) is 0.0786. The van der Waals surface area contributed by atoms with Crippen LogP contribution in [0.15, 0.2) is 40.3 Å². The predicted molar refractivity (Wildman–Crippen MR) is 86.9 cm³/mol. The van der Waals surface area contributed by atoms with Crippen molar-refractivity contribution in [3.05, 3.63) is 40.9 Å². The minimum Gasteiger partial charge on any atom is -0.344 e. The fraction of sp³-hybridized carbons (Fsp3) is 0.529. The van der Waals surface area contributed by atoms with Crippen LogP contribution in [0.1, 0.15) is 19.4 Å². The number of aryl methyl sites for hydroxylation is 1. The largest absolute Gasteiger partial charge is 0.344 e. The Bertz CT molecular complexity index is 781. The molecule has 2 fully saturated rings. The SMILES string of the molecule is Cc1ccc(S(=O)(=O)C2[C@H]3C4OC(C)(C)O[C@@H]4C(Cl)=C[C@H]23)cc1. The van der Waals surface area contributed by atoms with Crippen LogP contribution in [0.5, 0.6) is 0 Å². The quantitative estimate of drug-likeness (QED) is 0.819. The Kier molecular flexibility index (Phi) is 3.28. The molecule has 2 aliphatic carbocycles. The van der Waals surface area contributed by atoms with E-state index in [1.165, 1.54) is 0 Å². The summed E-state index contributed by atoms with van der Waals surface area (Å²) in [5.41, 5.74) is 1.04. The van der Waals surface area contributed by atoms with Gasteiger partial charge in [0, 0.05) is 16.9 Å². The first-order valence-corrected chi connectivity index (χ1v) is 9.66. The molecule has 0 N–H and O–H groups in total. The van der Waals surface area contributed by atoms with Crippen LogP contribution in [0.4, 0.5) is 0 Å². The molecule has 1 saturated heterocycles. The van der Waals surface area contributed by atoms with Crippen LogP contribution in [0, 0.1) is 18.8 Å². The number of rotatable bonds is 2. The highest BCUT2D eigenvalue weighted by Gasteiger charge is 2.67. The second kappa shape index (κ2) is 4.82. The van der Waals surface area contributed by atoms with Gasteiger partial charge in [0.25, 0.3) is 0 Å². The van der Waals surface area contributed by atoms with Crippen molar-refractivity contribution in [3.8, 4) is 0 Å². The number of allylic oxidation sites excluding steroid dienone is 1. The maximum atomic E-state index is 13.0. The molecule has 5 atom stereocenters. The third-order valence-corrected chi connectivity index (χ3v) is 7.52. The zero-order chi connectivity index (χ0) is 16.6. The maximum Gasteiger partial charge on any atom is 0.182 e. The lowest BCUT2D eigenvalue weighted by molar-refractivity contribution is -0.144. The molecule has 23 heavy (non-hydrogen) atoms. The van der Waals surface area contributed by atoms with Crippen molar-refractivity contribution in [2.75, 3.05) is 0 Å². The van der Waals surface area contributed by atoms with Crippen LogP contribution in [-0.4, -0.2) is 31.7 Å². The van der Waals surface area contributed by atoms with Gasteiger partial charge < -0.3 is 9.47 Å². The van der Waals surface area contributed by atoms with Gasteiger partial charge in [-0.2, -0.15) is 0 Å². The molecule has 4 nitrogen and oxygen atoms in total. The lowest BCUT2D eigenvalue weighted by atomic mass is 10.0. The topological polar surface area (TPSA) is 52.6 Å². The summed E-state index contributed by atoms with van der Waals surface area (Å²) in [6.07, 6.45) is 1.19. The number of hydrogen-bond acceptors (Lipinski definition) is 4. The van der Waals surface area contributed by atoms with Gasteiger partial charge in [-0.25, -0.2) is 8.42 Å². The highest BCUT2D eigenvalue weighted by molar-refractivity contribution is 7.92. The Balaban J connectivity index is 1.67. The smallest absolute Gasteiger partial charge is 0.182 e. The van der Waals surface area contributed by atoms with E-state index in [4.69, 9.17) is 21.1 Å². The zero-order valence-electron chi connectivity index (χ0n) is 13.2. The Labute approximate surface area is 141 Å². The molecule has 6 heteroatoms. The molecule has 1 heterocycles. The molecule has 0 amide bonds. The predicted octanol–water partition coefficient (Wildman–Crippen LogP) is 3.04. The lowest BCUT2D eigenvalue weighted by Gasteiger charge is -2.19. The van der Waals surface area contributed by atoms with Gasteiger partial charge in [-0.05, 0) is 32.9 Å². The minimum atomic E-state index is -3.40. The first kappa shape index (κ1) is 15.6. The van der Waals surface area contributed by atoms with Crippen molar-refractivity contribution in [2.45, 2.75) is 48.9 Å². The molecule has 1 aromatic carbocycles. The first-order chi connectivity index (χ1) is 10.7. The normalized spacial score (nSPS) is 37.7. The average molecular weight is 355 g/mol. The molecular weight excluding hydrogens is 336 g/mol. The van der Waals surface area contributed by atoms with Gasteiger partial charge in [0.2, 0.25) is 0 Å². The summed E-state index contributed by atoms with van der Waals surface area (Å²) < 4.78 is 37.7. The van der Waals surface area contributed by atoms with Gasteiger partial charge >= 0.3 is 0 Å². The lowest BCUT2D eigenvalue weighted by Crippen LogP contribution is -2.29. The molecule has 2 unspecified atom stereocenters. The van der Waals surface area contributed by atoms with Crippen molar-refractivity contribution >= 4 is 21.4 Å². The van der Waals surface area contributed by atoms with E-state index in [0.717, 1.165) is 5.56 Å². The van der Waals surface area contributed by atoms with E-state index in [-0.39, 0.29) is 24.0 Å². The summed E-state index contributed by atoms with van der Waals surface area (Å²) >= 11 is 6.31. The van der Waals surface area contributed by atoms with Crippen LogP contribution in [0.25, 0.3) is 0 Å². The molecule has 1 aliphatic heterocycles. The van der Waals surface area contributed by atoms with E-state index in [1.807, 2.05) is 39.0 Å². The van der Waals surface area contributed by atoms with Crippen LogP contribution in [0.2, 0.25) is 0 Å². The Morgan fingerprint density at radius 3 is 2.43 bits per heavy atom. The van der Waals surface area contributed by atoms with Crippen molar-refractivity contribution in [1.82, 2.24) is 0 Å².